The van der Waals surface area contributed by atoms with Gasteiger partial charge in [-0.1, -0.05) is 103 Å². The van der Waals surface area contributed by atoms with Crippen molar-refractivity contribution in [3.05, 3.63) is 200 Å². The Morgan fingerprint density at radius 3 is 1.02 bits per heavy atom. The number of para-hydroxylation sites is 5. The molecule has 0 saturated heterocycles. The summed E-state index contributed by atoms with van der Waals surface area (Å²) in [6.45, 7) is -0.0951. The molecule has 2 aliphatic rings. The Morgan fingerprint density at radius 1 is 0.296 bits per heavy atom. The van der Waals surface area contributed by atoms with Gasteiger partial charge in [-0.3, -0.25) is 0 Å². The van der Waals surface area contributed by atoms with Crippen LogP contribution in [0.25, 0.3) is 0 Å². The van der Waals surface area contributed by atoms with E-state index in [9.17, 15) is 0 Å². The molecule has 0 spiro atoms. The maximum atomic E-state index is 6.69. The van der Waals surface area contributed by atoms with E-state index in [1.54, 1.807) is 0 Å². The molecule has 5 nitrogen and oxygen atoms in total. The lowest BCUT2D eigenvalue weighted by Gasteiger charge is -2.44. The third kappa shape index (κ3) is 5.71. The molecule has 6 heteroatoms. The minimum atomic E-state index is -0.0951. The van der Waals surface area contributed by atoms with Crippen LogP contribution in [-0.4, -0.2) is 6.71 Å². The summed E-state index contributed by atoms with van der Waals surface area (Å²) in [5.41, 5.74) is 9.78. The Bertz CT molecular complexity index is 2430. The summed E-state index contributed by atoms with van der Waals surface area (Å²) in [5.74, 6) is 4.59. The highest BCUT2D eigenvalue weighted by Crippen LogP contribution is 2.47. The number of ether oxygens (including phenoxy) is 3. The van der Waals surface area contributed by atoms with E-state index in [2.05, 4.69) is 119 Å². The minimum Gasteiger partial charge on any atom is -0.457 e. The monoisotopic (exact) mass is 696 g/mol. The van der Waals surface area contributed by atoms with Crippen molar-refractivity contribution in [2.75, 3.05) is 9.80 Å². The predicted octanol–water partition coefficient (Wildman–Crippen LogP) is 11.1. The maximum Gasteiger partial charge on any atom is 0.252 e. The largest absolute Gasteiger partial charge is 0.457 e. The van der Waals surface area contributed by atoms with Crippen LogP contribution in [0.5, 0.6) is 34.5 Å². The van der Waals surface area contributed by atoms with Crippen LogP contribution in [0.2, 0.25) is 0 Å². The highest BCUT2D eigenvalue weighted by Gasteiger charge is 2.44. The summed E-state index contributed by atoms with van der Waals surface area (Å²) < 4.78 is 19.6. The predicted molar refractivity (Wildman–Crippen MR) is 220 cm³/mol. The normalized spacial score (nSPS) is 12.3. The topological polar surface area (TPSA) is 34.2 Å². The first-order chi connectivity index (χ1) is 26.8. The standard InChI is InChI=1S/C48H33BN2O3/c1-6-16-34(17-7-1)50-44-30-39(52-36-20-10-3-11-21-36)26-28-42(44)49-43-29-27-40(53-37-22-12-4-13-23-37)31-45(43)51(35-18-8-2-9-19-35)47-33-41(32-46(50)48(47)49)54-38-24-14-5-15-25-38/h1-33H. The molecule has 10 rings (SSSR count). The summed E-state index contributed by atoms with van der Waals surface area (Å²) in [6, 6.07) is 68.2. The number of hydrogen-bond donors (Lipinski definition) is 0. The summed E-state index contributed by atoms with van der Waals surface area (Å²) in [7, 11) is 0. The summed E-state index contributed by atoms with van der Waals surface area (Å²) in [5, 5.41) is 0. The van der Waals surface area contributed by atoms with Crippen molar-refractivity contribution in [2.24, 2.45) is 0 Å². The minimum absolute atomic E-state index is 0.0951. The van der Waals surface area contributed by atoms with Gasteiger partial charge in [0, 0.05) is 58.4 Å². The van der Waals surface area contributed by atoms with E-state index in [0.29, 0.717) is 0 Å². The van der Waals surface area contributed by atoms with Crippen molar-refractivity contribution in [2.45, 2.75) is 0 Å². The molecule has 0 atom stereocenters. The number of nitrogens with zero attached hydrogens (tertiary/aromatic N) is 2. The molecule has 0 radical (unpaired) electrons. The molecule has 0 unspecified atom stereocenters. The molecule has 2 aliphatic heterocycles. The van der Waals surface area contributed by atoms with Crippen LogP contribution < -0.4 is 40.4 Å². The van der Waals surface area contributed by atoms with Crippen molar-refractivity contribution in [1.29, 1.82) is 0 Å². The van der Waals surface area contributed by atoms with Crippen molar-refractivity contribution in [3.8, 4) is 34.5 Å². The van der Waals surface area contributed by atoms with Crippen molar-refractivity contribution < 1.29 is 14.2 Å². The molecular formula is C48H33BN2O3. The van der Waals surface area contributed by atoms with E-state index in [1.807, 2.05) is 91.0 Å². The second-order valence-electron chi connectivity index (χ2n) is 13.3. The number of rotatable bonds is 8. The second-order valence-corrected chi connectivity index (χ2v) is 13.3. The summed E-state index contributed by atoms with van der Waals surface area (Å²) in [6.07, 6.45) is 0. The Labute approximate surface area is 315 Å². The first kappa shape index (κ1) is 31.6. The third-order valence-corrected chi connectivity index (χ3v) is 9.95. The molecule has 0 aromatic heterocycles. The number of benzene rings is 8. The van der Waals surface area contributed by atoms with Crippen molar-refractivity contribution >= 4 is 57.2 Å². The van der Waals surface area contributed by atoms with E-state index in [-0.39, 0.29) is 6.71 Å². The molecule has 0 fully saturated rings. The number of hydrogen-bond acceptors (Lipinski definition) is 5. The van der Waals surface area contributed by atoms with Gasteiger partial charge in [-0.25, -0.2) is 0 Å². The lowest BCUT2D eigenvalue weighted by molar-refractivity contribution is 0.483. The second kappa shape index (κ2) is 13.4. The fourth-order valence-electron chi connectivity index (χ4n) is 7.69. The van der Waals surface area contributed by atoms with Crippen LogP contribution in [0.4, 0.5) is 34.1 Å². The van der Waals surface area contributed by atoms with E-state index in [0.717, 1.165) is 68.6 Å². The molecule has 2 heterocycles. The molecule has 8 aromatic carbocycles. The molecular weight excluding hydrogens is 663 g/mol. The maximum absolute atomic E-state index is 6.69. The van der Waals surface area contributed by atoms with E-state index >= 15 is 0 Å². The SMILES string of the molecule is c1ccc(Oc2ccc3c(c2)N(c2ccccc2)c2cc(Oc4ccccc4)cc4c2B3c2ccc(Oc3ccccc3)cc2N4c2ccccc2)cc1. The van der Waals surface area contributed by atoms with Crippen LogP contribution in [0.1, 0.15) is 0 Å². The zero-order valence-corrected chi connectivity index (χ0v) is 29.2. The Kier molecular flexibility index (Phi) is 7.84. The van der Waals surface area contributed by atoms with Gasteiger partial charge in [0.1, 0.15) is 34.5 Å². The first-order valence-electron chi connectivity index (χ1n) is 18.1. The molecule has 256 valence electrons. The molecule has 0 amide bonds. The van der Waals surface area contributed by atoms with Gasteiger partial charge in [-0.15, -0.1) is 0 Å². The molecule has 8 aromatic rings. The molecule has 54 heavy (non-hydrogen) atoms. The Morgan fingerprint density at radius 2 is 0.630 bits per heavy atom. The Hall–Kier alpha value is -7.18. The highest BCUT2D eigenvalue weighted by atomic mass is 16.5. The lowest BCUT2D eigenvalue weighted by atomic mass is 9.33. The van der Waals surface area contributed by atoms with Gasteiger partial charge in [-0.05, 0) is 89.2 Å². The summed E-state index contributed by atoms with van der Waals surface area (Å²) >= 11 is 0. The molecule has 0 saturated carbocycles. The fourth-order valence-corrected chi connectivity index (χ4v) is 7.69. The number of anilines is 6. The van der Waals surface area contributed by atoms with Gasteiger partial charge in [-0.2, -0.15) is 0 Å². The fraction of sp³-hybridized carbons (Fsp3) is 0. The molecule has 0 aliphatic carbocycles. The van der Waals surface area contributed by atoms with E-state index in [4.69, 9.17) is 14.2 Å². The van der Waals surface area contributed by atoms with E-state index < -0.39 is 0 Å². The van der Waals surface area contributed by atoms with Crippen LogP contribution in [0, 0.1) is 0 Å². The summed E-state index contributed by atoms with van der Waals surface area (Å²) in [4.78, 5) is 4.70. The van der Waals surface area contributed by atoms with E-state index in [1.165, 1.54) is 16.4 Å². The van der Waals surface area contributed by atoms with Gasteiger partial charge in [0.05, 0.1) is 0 Å². The van der Waals surface area contributed by atoms with Gasteiger partial charge < -0.3 is 24.0 Å². The van der Waals surface area contributed by atoms with Crippen molar-refractivity contribution in [3.63, 3.8) is 0 Å². The van der Waals surface area contributed by atoms with Crippen LogP contribution >= 0.6 is 0 Å². The van der Waals surface area contributed by atoms with Gasteiger partial charge in [0.25, 0.3) is 6.71 Å². The smallest absolute Gasteiger partial charge is 0.252 e. The Balaban J connectivity index is 1.24. The van der Waals surface area contributed by atoms with Crippen LogP contribution in [0.15, 0.2) is 200 Å². The molecule has 0 bridgehead atoms. The van der Waals surface area contributed by atoms with Gasteiger partial charge in [0.2, 0.25) is 0 Å². The van der Waals surface area contributed by atoms with Gasteiger partial charge in [0.15, 0.2) is 0 Å². The zero-order chi connectivity index (χ0) is 35.8. The first-order valence-corrected chi connectivity index (χ1v) is 18.1. The zero-order valence-electron chi connectivity index (χ0n) is 29.2. The van der Waals surface area contributed by atoms with Crippen LogP contribution in [0.3, 0.4) is 0 Å². The quantitative estimate of drug-likeness (QED) is 0.148. The average molecular weight is 697 g/mol. The average Bonchev–Trinajstić information content (AvgIpc) is 3.22. The lowest BCUT2D eigenvalue weighted by Crippen LogP contribution is -2.61. The highest BCUT2D eigenvalue weighted by molar-refractivity contribution is 7.00. The molecule has 0 N–H and O–H groups in total. The number of fused-ring (bicyclic) bond motifs is 4. The van der Waals surface area contributed by atoms with Gasteiger partial charge >= 0.3 is 0 Å². The third-order valence-electron chi connectivity index (χ3n) is 9.95. The van der Waals surface area contributed by atoms with Crippen LogP contribution in [-0.2, 0) is 0 Å². The van der Waals surface area contributed by atoms with Crippen molar-refractivity contribution in [1.82, 2.24) is 0 Å².